The number of carbonyl (C=O) groups is 2. The third kappa shape index (κ3) is 5.05. The van der Waals surface area contributed by atoms with E-state index in [9.17, 15) is 9.59 Å². The Morgan fingerprint density at radius 2 is 1.96 bits per heavy atom. The number of nitrogens with zero attached hydrogens (tertiary/aromatic N) is 1. The van der Waals surface area contributed by atoms with Crippen molar-refractivity contribution < 1.29 is 14.3 Å². The lowest BCUT2D eigenvalue weighted by atomic mass is 9.92. The molecule has 1 aliphatic heterocycles. The van der Waals surface area contributed by atoms with Crippen LogP contribution in [-0.4, -0.2) is 55.1 Å². The van der Waals surface area contributed by atoms with Crippen molar-refractivity contribution in [1.29, 1.82) is 0 Å². The van der Waals surface area contributed by atoms with Gasteiger partial charge in [0.1, 0.15) is 0 Å². The van der Waals surface area contributed by atoms with Crippen molar-refractivity contribution in [2.75, 3.05) is 20.2 Å². The monoisotopic (exact) mass is 359 g/mol. The Hall–Kier alpha value is -1.92. The van der Waals surface area contributed by atoms with Crippen molar-refractivity contribution in [2.24, 2.45) is 0 Å². The summed E-state index contributed by atoms with van der Waals surface area (Å²) in [6, 6.07) is 9.88. The second-order valence-electron chi connectivity index (χ2n) is 7.24. The number of benzene rings is 1. The molecule has 2 aliphatic rings. The lowest BCUT2D eigenvalue weighted by Crippen LogP contribution is -2.56. The molecule has 26 heavy (non-hydrogen) atoms. The number of piperazine rings is 1. The summed E-state index contributed by atoms with van der Waals surface area (Å²) in [6.07, 6.45) is 4.36. The highest BCUT2D eigenvalue weighted by atomic mass is 16.5. The first kappa shape index (κ1) is 18.9. The molecule has 1 unspecified atom stereocenters. The van der Waals surface area contributed by atoms with E-state index < -0.39 is 6.04 Å². The smallest absolute Gasteiger partial charge is 0.237 e. The zero-order chi connectivity index (χ0) is 18.4. The van der Waals surface area contributed by atoms with Gasteiger partial charge in [-0.1, -0.05) is 30.3 Å². The molecule has 1 aromatic carbocycles. The van der Waals surface area contributed by atoms with Gasteiger partial charge in [-0.25, -0.2) is 0 Å². The van der Waals surface area contributed by atoms with Crippen molar-refractivity contribution in [3.63, 3.8) is 0 Å². The molecular weight excluding hydrogens is 330 g/mol. The first-order chi connectivity index (χ1) is 12.7. The van der Waals surface area contributed by atoms with Gasteiger partial charge in [0.15, 0.2) is 0 Å². The summed E-state index contributed by atoms with van der Waals surface area (Å²) in [5, 5.41) is 6.01. The molecule has 2 amide bonds. The van der Waals surface area contributed by atoms with Gasteiger partial charge >= 0.3 is 0 Å². The number of hydrogen-bond acceptors (Lipinski definition) is 4. The van der Waals surface area contributed by atoms with Gasteiger partial charge in [0.2, 0.25) is 11.8 Å². The van der Waals surface area contributed by atoms with Crippen molar-refractivity contribution in [1.82, 2.24) is 15.5 Å². The Balaban J connectivity index is 1.54. The van der Waals surface area contributed by atoms with Crippen molar-refractivity contribution >= 4 is 11.8 Å². The Bertz CT molecular complexity index is 600. The molecule has 6 nitrogen and oxygen atoms in total. The molecule has 0 bridgehead atoms. The first-order valence-electron chi connectivity index (χ1n) is 9.53. The molecule has 0 spiro atoms. The van der Waals surface area contributed by atoms with E-state index in [1.807, 2.05) is 18.2 Å². The molecule has 6 heteroatoms. The third-order valence-electron chi connectivity index (χ3n) is 5.42. The summed E-state index contributed by atoms with van der Waals surface area (Å²) in [6.45, 7) is 2.08. The summed E-state index contributed by atoms with van der Waals surface area (Å²) >= 11 is 0. The van der Waals surface area contributed by atoms with E-state index in [4.69, 9.17) is 4.74 Å². The zero-order valence-corrected chi connectivity index (χ0v) is 15.4. The number of hydrogen-bond donors (Lipinski definition) is 2. The van der Waals surface area contributed by atoms with Crippen molar-refractivity contribution in [2.45, 2.75) is 56.8 Å². The Morgan fingerprint density at radius 3 is 2.65 bits per heavy atom. The van der Waals surface area contributed by atoms with Crippen LogP contribution in [0.4, 0.5) is 0 Å². The third-order valence-corrected chi connectivity index (χ3v) is 5.42. The Kier molecular flexibility index (Phi) is 6.63. The maximum atomic E-state index is 12.5. The predicted molar refractivity (Wildman–Crippen MR) is 99.5 cm³/mol. The molecule has 0 aromatic heterocycles. The van der Waals surface area contributed by atoms with E-state index in [1.165, 1.54) is 0 Å². The van der Waals surface area contributed by atoms with Gasteiger partial charge in [0.05, 0.1) is 18.6 Å². The molecule has 1 aliphatic carbocycles. The summed E-state index contributed by atoms with van der Waals surface area (Å²) in [5.74, 6) is -0.0867. The highest BCUT2D eigenvalue weighted by molar-refractivity contribution is 5.88. The van der Waals surface area contributed by atoms with E-state index in [0.29, 0.717) is 19.2 Å². The predicted octanol–water partition coefficient (Wildman–Crippen LogP) is 1.45. The Morgan fingerprint density at radius 1 is 1.23 bits per heavy atom. The van der Waals surface area contributed by atoms with Crippen LogP contribution < -0.4 is 10.6 Å². The Labute approximate surface area is 155 Å². The minimum Gasteiger partial charge on any atom is -0.381 e. The SMILES string of the molecule is COC1CCC(NC(=O)CC2C(=O)NCCN2Cc2ccccc2)CC1. The maximum Gasteiger partial charge on any atom is 0.237 e. The molecule has 1 atom stereocenters. The molecule has 0 radical (unpaired) electrons. The van der Waals surface area contributed by atoms with E-state index >= 15 is 0 Å². The lowest BCUT2D eigenvalue weighted by Gasteiger charge is -2.35. The van der Waals surface area contributed by atoms with E-state index in [1.54, 1.807) is 7.11 Å². The molecule has 3 rings (SSSR count). The minimum absolute atomic E-state index is 0.0361. The van der Waals surface area contributed by atoms with Gasteiger partial charge < -0.3 is 15.4 Å². The van der Waals surface area contributed by atoms with Gasteiger partial charge in [0.25, 0.3) is 0 Å². The second-order valence-corrected chi connectivity index (χ2v) is 7.24. The van der Waals surface area contributed by atoms with Crippen LogP contribution in [0.2, 0.25) is 0 Å². The highest BCUT2D eigenvalue weighted by Gasteiger charge is 2.32. The fraction of sp³-hybridized carbons (Fsp3) is 0.600. The standard InChI is InChI=1S/C20H29N3O3/c1-26-17-9-7-16(8-10-17)22-19(24)13-18-20(25)21-11-12-23(18)14-15-5-3-2-4-6-15/h2-6,16-18H,7-14H2,1H3,(H,21,25)(H,22,24). The average molecular weight is 359 g/mol. The zero-order valence-electron chi connectivity index (χ0n) is 15.4. The normalized spacial score (nSPS) is 27.0. The van der Waals surface area contributed by atoms with E-state index in [0.717, 1.165) is 37.8 Å². The number of amides is 2. The van der Waals surface area contributed by atoms with Gasteiger partial charge in [-0.05, 0) is 31.2 Å². The fourth-order valence-electron chi connectivity index (χ4n) is 3.90. The quantitative estimate of drug-likeness (QED) is 0.807. The van der Waals surface area contributed by atoms with E-state index in [-0.39, 0.29) is 24.3 Å². The molecule has 1 heterocycles. The number of methoxy groups -OCH3 is 1. The van der Waals surface area contributed by atoms with Crippen LogP contribution in [0, 0.1) is 0 Å². The van der Waals surface area contributed by atoms with Crippen LogP contribution in [0.15, 0.2) is 30.3 Å². The van der Waals surface area contributed by atoms with Crippen LogP contribution in [0.5, 0.6) is 0 Å². The van der Waals surface area contributed by atoms with Crippen LogP contribution in [0.25, 0.3) is 0 Å². The number of ether oxygens (including phenoxy) is 1. The number of rotatable bonds is 6. The van der Waals surface area contributed by atoms with E-state index in [2.05, 4.69) is 27.7 Å². The summed E-state index contributed by atoms with van der Waals surface area (Å²) in [4.78, 5) is 27.0. The summed E-state index contributed by atoms with van der Waals surface area (Å²) < 4.78 is 5.38. The maximum absolute atomic E-state index is 12.5. The first-order valence-corrected chi connectivity index (χ1v) is 9.53. The number of nitrogens with one attached hydrogen (secondary N) is 2. The summed E-state index contributed by atoms with van der Waals surface area (Å²) in [5.41, 5.74) is 1.16. The molecule has 1 saturated heterocycles. The molecule has 1 saturated carbocycles. The molecule has 1 aromatic rings. The minimum atomic E-state index is -0.403. The van der Waals surface area contributed by atoms with Crippen LogP contribution in [-0.2, 0) is 20.9 Å². The fourth-order valence-corrected chi connectivity index (χ4v) is 3.90. The number of carbonyl (C=O) groups excluding carboxylic acids is 2. The second kappa shape index (κ2) is 9.14. The van der Waals surface area contributed by atoms with Crippen LogP contribution in [0.1, 0.15) is 37.7 Å². The van der Waals surface area contributed by atoms with Gasteiger partial charge in [0, 0.05) is 32.8 Å². The molecule has 2 N–H and O–H groups in total. The molecular formula is C20H29N3O3. The molecule has 2 fully saturated rings. The topological polar surface area (TPSA) is 70.7 Å². The van der Waals surface area contributed by atoms with Gasteiger partial charge in [-0.15, -0.1) is 0 Å². The van der Waals surface area contributed by atoms with Gasteiger partial charge in [-0.2, -0.15) is 0 Å². The van der Waals surface area contributed by atoms with Crippen LogP contribution >= 0.6 is 0 Å². The summed E-state index contributed by atoms with van der Waals surface area (Å²) in [7, 11) is 1.74. The van der Waals surface area contributed by atoms with Crippen LogP contribution in [0.3, 0.4) is 0 Å². The van der Waals surface area contributed by atoms with Crippen molar-refractivity contribution in [3.05, 3.63) is 35.9 Å². The van der Waals surface area contributed by atoms with Gasteiger partial charge in [-0.3, -0.25) is 14.5 Å². The largest absolute Gasteiger partial charge is 0.381 e. The highest BCUT2D eigenvalue weighted by Crippen LogP contribution is 2.21. The lowest BCUT2D eigenvalue weighted by molar-refractivity contribution is -0.134. The van der Waals surface area contributed by atoms with Crippen molar-refractivity contribution in [3.8, 4) is 0 Å². The molecule has 142 valence electrons. The average Bonchev–Trinajstić information content (AvgIpc) is 2.66.